The number of benzene rings is 2. The standard InChI is InChI=1S/C16H10F5N/c1-7-5-9(6-8(2)16(7)22)3-4-10-11(17)13(19)15(21)14(20)12(10)18/h5-6H,22H2,1-2H3. The fourth-order valence-electron chi connectivity index (χ4n) is 1.90. The first-order chi connectivity index (χ1) is 10.2. The van der Waals surface area contributed by atoms with Crippen molar-refractivity contribution in [2.45, 2.75) is 13.8 Å². The largest absolute Gasteiger partial charge is 0.398 e. The van der Waals surface area contributed by atoms with E-state index in [2.05, 4.69) is 5.92 Å². The van der Waals surface area contributed by atoms with Crippen LogP contribution in [0.1, 0.15) is 22.3 Å². The van der Waals surface area contributed by atoms with E-state index in [0.29, 0.717) is 22.4 Å². The smallest absolute Gasteiger partial charge is 0.200 e. The Bertz CT molecular complexity index is 779. The van der Waals surface area contributed by atoms with Crippen LogP contribution in [0.15, 0.2) is 12.1 Å². The van der Waals surface area contributed by atoms with Gasteiger partial charge in [-0.15, -0.1) is 0 Å². The Balaban J connectivity index is 2.59. The molecule has 0 atom stereocenters. The summed E-state index contributed by atoms with van der Waals surface area (Å²) in [6.45, 7) is 3.43. The second-order valence-electron chi connectivity index (χ2n) is 4.72. The second-order valence-corrected chi connectivity index (χ2v) is 4.72. The van der Waals surface area contributed by atoms with Crippen LogP contribution in [0.25, 0.3) is 0 Å². The molecule has 0 spiro atoms. The molecule has 0 heterocycles. The number of rotatable bonds is 0. The van der Waals surface area contributed by atoms with Crippen LogP contribution in [-0.2, 0) is 0 Å². The van der Waals surface area contributed by atoms with Gasteiger partial charge in [-0.2, -0.15) is 0 Å². The van der Waals surface area contributed by atoms with Gasteiger partial charge in [-0.25, -0.2) is 22.0 Å². The van der Waals surface area contributed by atoms with Crippen LogP contribution in [0, 0.1) is 54.8 Å². The minimum atomic E-state index is -2.21. The van der Waals surface area contributed by atoms with E-state index >= 15 is 0 Å². The molecule has 0 bridgehead atoms. The lowest BCUT2D eigenvalue weighted by atomic mass is 10.0. The highest BCUT2D eigenvalue weighted by Gasteiger charge is 2.24. The highest BCUT2D eigenvalue weighted by Crippen LogP contribution is 2.23. The molecule has 0 saturated heterocycles. The molecule has 22 heavy (non-hydrogen) atoms. The van der Waals surface area contributed by atoms with Gasteiger partial charge in [-0.05, 0) is 37.1 Å². The van der Waals surface area contributed by atoms with E-state index in [1.54, 1.807) is 26.0 Å². The molecule has 0 aliphatic heterocycles. The third kappa shape index (κ3) is 2.62. The summed E-state index contributed by atoms with van der Waals surface area (Å²) in [5, 5.41) is 0. The molecule has 0 saturated carbocycles. The minimum Gasteiger partial charge on any atom is -0.398 e. The van der Waals surface area contributed by atoms with Crippen LogP contribution in [0.2, 0.25) is 0 Å². The fraction of sp³-hybridized carbons (Fsp3) is 0.125. The zero-order valence-corrected chi connectivity index (χ0v) is 11.6. The van der Waals surface area contributed by atoms with E-state index in [4.69, 9.17) is 5.73 Å². The second kappa shape index (κ2) is 5.68. The van der Waals surface area contributed by atoms with Crippen molar-refractivity contribution in [2.75, 3.05) is 5.73 Å². The van der Waals surface area contributed by atoms with Gasteiger partial charge < -0.3 is 5.73 Å². The molecule has 2 aromatic carbocycles. The Morgan fingerprint density at radius 3 is 1.59 bits per heavy atom. The zero-order chi connectivity index (χ0) is 16.6. The first kappa shape index (κ1) is 15.8. The van der Waals surface area contributed by atoms with Gasteiger partial charge in [0, 0.05) is 11.3 Å². The van der Waals surface area contributed by atoms with Gasteiger partial charge in [-0.3, -0.25) is 0 Å². The molecule has 2 rings (SSSR count). The van der Waals surface area contributed by atoms with Crippen molar-refractivity contribution in [3.63, 3.8) is 0 Å². The van der Waals surface area contributed by atoms with Crippen LogP contribution in [0.4, 0.5) is 27.6 Å². The van der Waals surface area contributed by atoms with E-state index in [0.717, 1.165) is 0 Å². The molecule has 2 N–H and O–H groups in total. The molecule has 0 radical (unpaired) electrons. The summed E-state index contributed by atoms with van der Waals surface area (Å²) >= 11 is 0. The van der Waals surface area contributed by atoms with E-state index in [1.807, 2.05) is 5.92 Å². The monoisotopic (exact) mass is 311 g/mol. The van der Waals surface area contributed by atoms with Crippen molar-refractivity contribution < 1.29 is 22.0 Å². The van der Waals surface area contributed by atoms with E-state index in [9.17, 15) is 22.0 Å². The Morgan fingerprint density at radius 1 is 0.727 bits per heavy atom. The summed E-state index contributed by atoms with van der Waals surface area (Å²) in [5.74, 6) is -5.77. The molecule has 0 aliphatic rings. The molecule has 0 fully saturated rings. The molecule has 2 aromatic rings. The maximum absolute atomic E-state index is 13.5. The van der Waals surface area contributed by atoms with E-state index < -0.39 is 34.6 Å². The van der Waals surface area contributed by atoms with Crippen LogP contribution < -0.4 is 5.73 Å². The van der Waals surface area contributed by atoms with Gasteiger partial charge in [-0.1, -0.05) is 11.8 Å². The quantitative estimate of drug-likeness (QED) is 0.257. The van der Waals surface area contributed by atoms with Gasteiger partial charge in [0.05, 0.1) is 0 Å². The molecule has 1 nitrogen and oxygen atoms in total. The van der Waals surface area contributed by atoms with Crippen molar-refractivity contribution >= 4 is 5.69 Å². The summed E-state index contributed by atoms with van der Waals surface area (Å²) in [6, 6.07) is 3.11. The van der Waals surface area contributed by atoms with Gasteiger partial charge in [0.2, 0.25) is 5.82 Å². The van der Waals surface area contributed by atoms with Crippen LogP contribution in [0.3, 0.4) is 0 Å². The molecule has 6 heteroatoms. The highest BCUT2D eigenvalue weighted by atomic mass is 19.2. The van der Waals surface area contributed by atoms with Crippen molar-refractivity contribution in [1.29, 1.82) is 0 Å². The summed E-state index contributed by atoms with van der Waals surface area (Å²) in [7, 11) is 0. The number of aryl methyl sites for hydroxylation is 2. The number of hydrogen-bond donors (Lipinski definition) is 1. The topological polar surface area (TPSA) is 26.0 Å². The first-order valence-electron chi connectivity index (χ1n) is 6.14. The van der Waals surface area contributed by atoms with Gasteiger partial charge >= 0.3 is 0 Å². The highest BCUT2D eigenvalue weighted by molar-refractivity contribution is 5.58. The number of anilines is 1. The van der Waals surface area contributed by atoms with Gasteiger partial charge in [0.15, 0.2) is 23.3 Å². The predicted molar refractivity (Wildman–Crippen MR) is 72.5 cm³/mol. The Hall–Kier alpha value is -2.55. The molecule has 0 aromatic heterocycles. The number of nitrogens with two attached hydrogens (primary N) is 1. The van der Waals surface area contributed by atoms with Gasteiger partial charge in [0.1, 0.15) is 5.56 Å². The van der Waals surface area contributed by atoms with Crippen LogP contribution in [-0.4, -0.2) is 0 Å². The molecular weight excluding hydrogens is 301 g/mol. The molecule has 0 unspecified atom stereocenters. The molecule has 0 aliphatic carbocycles. The normalized spacial score (nSPS) is 10.3. The summed E-state index contributed by atoms with van der Waals surface area (Å²) in [5.41, 5.74) is 6.88. The van der Waals surface area contributed by atoms with Crippen molar-refractivity contribution in [1.82, 2.24) is 0 Å². The average molecular weight is 311 g/mol. The fourth-order valence-corrected chi connectivity index (χ4v) is 1.90. The summed E-state index contributed by atoms with van der Waals surface area (Å²) in [4.78, 5) is 0. The molecule has 114 valence electrons. The number of halogens is 5. The van der Waals surface area contributed by atoms with Crippen molar-refractivity contribution in [3.8, 4) is 11.8 Å². The lowest BCUT2D eigenvalue weighted by molar-refractivity contribution is 0.376. The molecule has 0 amide bonds. The molecular formula is C16H10F5N. The van der Waals surface area contributed by atoms with Crippen molar-refractivity contribution in [2.24, 2.45) is 0 Å². The Kier molecular flexibility index (Phi) is 4.09. The zero-order valence-electron chi connectivity index (χ0n) is 11.6. The van der Waals surface area contributed by atoms with Crippen molar-refractivity contribution in [3.05, 3.63) is 63.5 Å². The predicted octanol–water partition coefficient (Wildman–Crippen LogP) is 3.98. The number of nitrogen functional groups attached to an aromatic ring is 1. The SMILES string of the molecule is Cc1cc(C#Cc2c(F)c(F)c(F)c(F)c2F)cc(C)c1N. The lowest BCUT2D eigenvalue weighted by Crippen LogP contribution is -2.04. The van der Waals surface area contributed by atoms with Crippen LogP contribution in [0.5, 0.6) is 0 Å². The van der Waals surface area contributed by atoms with Gasteiger partial charge in [0.25, 0.3) is 0 Å². The Labute approximate surface area is 123 Å². The number of hydrogen-bond acceptors (Lipinski definition) is 1. The third-order valence-electron chi connectivity index (χ3n) is 3.14. The first-order valence-corrected chi connectivity index (χ1v) is 6.14. The maximum atomic E-state index is 13.5. The lowest BCUT2D eigenvalue weighted by Gasteiger charge is -2.05. The average Bonchev–Trinajstić information content (AvgIpc) is 2.48. The summed E-state index contributed by atoms with van der Waals surface area (Å²) < 4.78 is 66.0. The van der Waals surface area contributed by atoms with Crippen LogP contribution >= 0.6 is 0 Å². The minimum absolute atomic E-state index is 0.355. The third-order valence-corrected chi connectivity index (χ3v) is 3.14. The summed E-state index contributed by atoms with van der Waals surface area (Å²) in [6.07, 6.45) is 0. The van der Waals surface area contributed by atoms with E-state index in [-0.39, 0.29) is 0 Å². The Morgan fingerprint density at radius 2 is 1.14 bits per heavy atom. The maximum Gasteiger partial charge on any atom is 0.200 e. The van der Waals surface area contributed by atoms with E-state index in [1.165, 1.54) is 0 Å².